The molecular formula is C35H40F4N2O2. The second-order valence-electron chi connectivity index (χ2n) is 12.6. The predicted molar refractivity (Wildman–Crippen MR) is 159 cm³/mol. The SMILES string of the molecule is C[C@@H]1Cc2cc(OCc3ccccc3)ccc2C(c2c(F)cc(OC3CC4(CCCNCCC4)C3)cc2F)N1CC(F)F. The highest BCUT2D eigenvalue weighted by molar-refractivity contribution is 5.46. The second-order valence-corrected chi connectivity index (χ2v) is 12.6. The van der Waals surface area contributed by atoms with Gasteiger partial charge in [-0.15, -0.1) is 0 Å². The van der Waals surface area contributed by atoms with Gasteiger partial charge < -0.3 is 14.8 Å². The molecule has 3 aromatic carbocycles. The van der Waals surface area contributed by atoms with Gasteiger partial charge in [0.1, 0.15) is 29.7 Å². The van der Waals surface area contributed by atoms with E-state index in [4.69, 9.17) is 9.47 Å². The summed E-state index contributed by atoms with van der Waals surface area (Å²) in [6, 6.07) is 16.2. The summed E-state index contributed by atoms with van der Waals surface area (Å²) in [6.07, 6.45) is 4.06. The van der Waals surface area contributed by atoms with Crippen LogP contribution in [0.15, 0.2) is 60.7 Å². The maximum atomic E-state index is 15.9. The normalized spacial score (nSPS) is 22.5. The Morgan fingerprint density at radius 3 is 2.30 bits per heavy atom. The Morgan fingerprint density at radius 1 is 0.930 bits per heavy atom. The first-order valence-electron chi connectivity index (χ1n) is 15.5. The van der Waals surface area contributed by atoms with Crippen LogP contribution < -0.4 is 14.8 Å². The summed E-state index contributed by atoms with van der Waals surface area (Å²) < 4.78 is 71.3. The van der Waals surface area contributed by atoms with E-state index in [1.165, 1.54) is 17.0 Å². The molecule has 1 spiro atoms. The number of fused-ring (bicyclic) bond motifs is 1. The van der Waals surface area contributed by atoms with Gasteiger partial charge in [-0.25, -0.2) is 17.6 Å². The number of nitrogens with one attached hydrogen (secondary N) is 1. The van der Waals surface area contributed by atoms with E-state index in [0.717, 1.165) is 62.7 Å². The molecule has 2 fully saturated rings. The number of benzene rings is 3. The number of hydrogen-bond donors (Lipinski definition) is 1. The minimum atomic E-state index is -2.65. The molecule has 0 radical (unpaired) electrons. The highest BCUT2D eigenvalue weighted by Gasteiger charge is 2.45. The Balaban J connectivity index is 1.24. The van der Waals surface area contributed by atoms with Crippen molar-refractivity contribution in [2.45, 2.75) is 83.1 Å². The number of ether oxygens (including phenoxy) is 2. The van der Waals surface area contributed by atoms with Crippen molar-refractivity contribution in [3.63, 3.8) is 0 Å². The van der Waals surface area contributed by atoms with Gasteiger partial charge in [0.05, 0.1) is 18.7 Å². The van der Waals surface area contributed by atoms with Crippen LogP contribution in [0.25, 0.3) is 0 Å². The molecule has 2 heterocycles. The topological polar surface area (TPSA) is 33.7 Å². The molecule has 43 heavy (non-hydrogen) atoms. The van der Waals surface area contributed by atoms with Crippen molar-refractivity contribution in [1.82, 2.24) is 10.2 Å². The molecule has 8 heteroatoms. The monoisotopic (exact) mass is 596 g/mol. The van der Waals surface area contributed by atoms with Crippen molar-refractivity contribution < 1.29 is 27.0 Å². The Kier molecular flexibility index (Phi) is 8.96. The predicted octanol–water partition coefficient (Wildman–Crippen LogP) is 7.84. The van der Waals surface area contributed by atoms with Gasteiger partial charge >= 0.3 is 0 Å². The fourth-order valence-corrected chi connectivity index (χ4v) is 7.40. The summed E-state index contributed by atoms with van der Waals surface area (Å²) in [5.41, 5.74) is 2.50. The highest BCUT2D eigenvalue weighted by atomic mass is 19.3. The summed E-state index contributed by atoms with van der Waals surface area (Å²) in [4.78, 5) is 1.51. The van der Waals surface area contributed by atoms with Crippen molar-refractivity contribution >= 4 is 0 Å². The van der Waals surface area contributed by atoms with E-state index in [1.807, 2.05) is 43.3 Å². The molecular weight excluding hydrogens is 556 g/mol. The van der Waals surface area contributed by atoms with Crippen molar-refractivity contribution in [3.05, 3.63) is 94.6 Å². The molecule has 1 unspecified atom stereocenters. The average molecular weight is 597 g/mol. The van der Waals surface area contributed by atoms with Crippen LogP contribution in [0, 0.1) is 17.0 Å². The summed E-state index contributed by atoms with van der Waals surface area (Å²) in [5.74, 6) is -0.788. The van der Waals surface area contributed by atoms with Crippen molar-refractivity contribution in [2.75, 3.05) is 19.6 Å². The van der Waals surface area contributed by atoms with Gasteiger partial charge in [-0.2, -0.15) is 0 Å². The third-order valence-corrected chi connectivity index (χ3v) is 9.49. The van der Waals surface area contributed by atoms with Crippen LogP contribution in [0.3, 0.4) is 0 Å². The van der Waals surface area contributed by atoms with Crippen molar-refractivity contribution in [3.8, 4) is 11.5 Å². The van der Waals surface area contributed by atoms with Crippen LogP contribution in [0.5, 0.6) is 11.5 Å². The molecule has 6 rings (SSSR count). The van der Waals surface area contributed by atoms with Crippen LogP contribution in [-0.2, 0) is 13.0 Å². The molecule has 1 aliphatic carbocycles. The maximum Gasteiger partial charge on any atom is 0.251 e. The fourth-order valence-electron chi connectivity index (χ4n) is 7.40. The molecule has 3 aliphatic rings. The number of hydrogen-bond acceptors (Lipinski definition) is 4. The molecule has 1 N–H and O–H groups in total. The summed E-state index contributed by atoms with van der Waals surface area (Å²) >= 11 is 0. The smallest absolute Gasteiger partial charge is 0.251 e. The molecule has 230 valence electrons. The zero-order valence-corrected chi connectivity index (χ0v) is 24.6. The molecule has 0 aromatic heterocycles. The second kappa shape index (κ2) is 12.9. The average Bonchev–Trinajstić information content (AvgIpc) is 2.94. The number of halogens is 4. The molecule has 4 nitrogen and oxygen atoms in total. The third-order valence-electron chi connectivity index (χ3n) is 9.49. The van der Waals surface area contributed by atoms with E-state index in [1.54, 1.807) is 12.1 Å². The number of nitrogens with zero attached hydrogens (tertiary/aromatic N) is 1. The molecule has 0 bridgehead atoms. The summed E-state index contributed by atoms with van der Waals surface area (Å²) in [5, 5.41) is 3.44. The van der Waals surface area contributed by atoms with Crippen LogP contribution in [0.4, 0.5) is 17.6 Å². The van der Waals surface area contributed by atoms with E-state index < -0.39 is 30.6 Å². The lowest BCUT2D eigenvalue weighted by Crippen LogP contribution is -2.46. The van der Waals surface area contributed by atoms with Crippen molar-refractivity contribution in [2.24, 2.45) is 5.41 Å². The first kappa shape index (κ1) is 29.9. The summed E-state index contributed by atoms with van der Waals surface area (Å²) in [6.45, 7) is 3.66. The van der Waals surface area contributed by atoms with E-state index >= 15 is 8.78 Å². The molecule has 2 atom stereocenters. The fraction of sp³-hybridized carbons (Fsp3) is 0.486. The van der Waals surface area contributed by atoms with Gasteiger partial charge in [0.25, 0.3) is 6.43 Å². The molecule has 0 amide bonds. The lowest BCUT2D eigenvalue weighted by atomic mass is 9.61. The quantitative estimate of drug-likeness (QED) is 0.269. The van der Waals surface area contributed by atoms with Gasteiger partial charge in [0.2, 0.25) is 0 Å². The Labute approximate surface area is 251 Å². The van der Waals surface area contributed by atoms with Crippen molar-refractivity contribution in [1.29, 1.82) is 0 Å². The first-order valence-corrected chi connectivity index (χ1v) is 15.5. The van der Waals surface area contributed by atoms with Gasteiger partial charge in [0, 0.05) is 23.7 Å². The number of alkyl halides is 2. The van der Waals surface area contributed by atoms with E-state index in [0.29, 0.717) is 24.3 Å². The van der Waals surface area contributed by atoms with Crippen LogP contribution in [0.2, 0.25) is 0 Å². The molecule has 1 saturated heterocycles. The third kappa shape index (κ3) is 6.70. The standard InChI is InChI=1S/C35H40F4N2O2/c1-23-15-25-16-26(42-22-24-7-3-2-4-8-24)9-10-29(25)34(41(23)21-32(38)39)33-30(36)17-27(18-31(33)37)43-28-19-35(20-28)11-5-13-40-14-6-12-35/h2-4,7-10,16-18,23,28,32,34,40H,5-6,11-15,19-22H2,1H3/t23-,34?/m1/s1. The highest BCUT2D eigenvalue weighted by Crippen LogP contribution is 2.50. The lowest BCUT2D eigenvalue weighted by Gasteiger charge is -2.48. The Morgan fingerprint density at radius 2 is 1.63 bits per heavy atom. The van der Waals surface area contributed by atoms with Gasteiger partial charge in [-0.3, -0.25) is 4.90 Å². The van der Waals surface area contributed by atoms with E-state index in [2.05, 4.69) is 5.32 Å². The first-order chi connectivity index (χ1) is 20.8. The zero-order valence-electron chi connectivity index (χ0n) is 24.6. The Bertz CT molecular complexity index is 1360. The largest absolute Gasteiger partial charge is 0.490 e. The van der Waals surface area contributed by atoms with Gasteiger partial charge in [-0.05, 0) is 99.2 Å². The maximum absolute atomic E-state index is 15.9. The lowest BCUT2D eigenvalue weighted by molar-refractivity contribution is -0.0315. The molecule has 1 saturated carbocycles. The van der Waals surface area contributed by atoms with Crippen LogP contribution in [0.1, 0.15) is 73.7 Å². The molecule has 3 aromatic rings. The minimum absolute atomic E-state index is 0.0721. The minimum Gasteiger partial charge on any atom is -0.490 e. The Hall–Kier alpha value is -3.10. The summed E-state index contributed by atoms with van der Waals surface area (Å²) in [7, 11) is 0. The molecule has 2 aliphatic heterocycles. The van der Waals surface area contributed by atoms with Crippen LogP contribution >= 0.6 is 0 Å². The van der Waals surface area contributed by atoms with Gasteiger partial charge in [0.15, 0.2) is 0 Å². The number of rotatable bonds is 8. The van der Waals surface area contributed by atoms with Crippen LogP contribution in [-0.4, -0.2) is 43.1 Å². The van der Waals surface area contributed by atoms with Gasteiger partial charge in [-0.1, -0.05) is 36.4 Å². The van der Waals surface area contributed by atoms with E-state index in [9.17, 15) is 8.78 Å². The zero-order chi connectivity index (χ0) is 30.0. The van der Waals surface area contributed by atoms with E-state index in [-0.39, 0.29) is 28.9 Å².